The maximum absolute atomic E-state index is 13.6. The van der Waals surface area contributed by atoms with Crippen LogP contribution in [0.25, 0.3) is 0 Å². The van der Waals surface area contributed by atoms with Crippen LogP contribution in [0, 0.1) is 5.82 Å². The van der Waals surface area contributed by atoms with Gasteiger partial charge < -0.3 is 15.2 Å². The standard InChI is InChI=1S/C9H7ClFNO3/c10-4-1-6-9(15-3-14-6)7(8(4)11)5(13)2-12/h1H,2-3,12H2. The number of Topliss-reactive ketones (excluding diaryl/α,β-unsaturated/α-hetero) is 1. The summed E-state index contributed by atoms with van der Waals surface area (Å²) in [6.45, 7) is -0.368. The maximum atomic E-state index is 13.6. The second-order valence-corrected chi connectivity index (χ2v) is 3.32. The number of ketones is 1. The molecule has 4 nitrogen and oxygen atoms in total. The molecule has 0 aromatic heterocycles. The molecule has 0 aliphatic carbocycles. The number of hydrogen-bond donors (Lipinski definition) is 1. The first-order valence-electron chi connectivity index (χ1n) is 4.16. The highest BCUT2D eigenvalue weighted by molar-refractivity contribution is 6.31. The summed E-state index contributed by atoms with van der Waals surface area (Å²) in [5.41, 5.74) is 4.92. The third-order valence-electron chi connectivity index (χ3n) is 2.02. The van der Waals surface area contributed by atoms with Crippen LogP contribution in [0.15, 0.2) is 6.07 Å². The fourth-order valence-electron chi connectivity index (χ4n) is 1.34. The van der Waals surface area contributed by atoms with Gasteiger partial charge in [0.05, 0.1) is 11.6 Å². The number of hydrogen-bond acceptors (Lipinski definition) is 4. The summed E-state index contributed by atoms with van der Waals surface area (Å²) in [6, 6.07) is 1.27. The average Bonchev–Trinajstić information content (AvgIpc) is 2.66. The van der Waals surface area contributed by atoms with E-state index in [0.29, 0.717) is 0 Å². The highest BCUT2D eigenvalue weighted by Gasteiger charge is 2.27. The van der Waals surface area contributed by atoms with E-state index < -0.39 is 11.6 Å². The summed E-state index contributed by atoms with van der Waals surface area (Å²) in [7, 11) is 0. The first-order valence-corrected chi connectivity index (χ1v) is 4.53. The van der Waals surface area contributed by atoms with Gasteiger partial charge in [0.15, 0.2) is 23.1 Å². The van der Waals surface area contributed by atoms with Crippen LogP contribution in [0.1, 0.15) is 10.4 Å². The zero-order valence-corrected chi connectivity index (χ0v) is 8.31. The molecule has 1 aliphatic heterocycles. The molecule has 0 saturated carbocycles. The van der Waals surface area contributed by atoms with Crippen LogP contribution in [0.3, 0.4) is 0 Å². The summed E-state index contributed by atoms with van der Waals surface area (Å²) in [4.78, 5) is 11.4. The Hall–Kier alpha value is -1.33. The molecule has 6 heteroatoms. The van der Waals surface area contributed by atoms with Gasteiger partial charge in [0.2, 0.25) is 6.79 Å². The summed E-state index contributed by atoms with van der Waals surface area (Å²) in [5, 5.41) is -0.184. The van der Waals surface area contributed by atoms with Gasteiger partial charge in [-0.15, -0.1) is 0 Å². The number of benzene rings is 1. The number of carbonyl (C=O) groups excluding carboxylic acids is 1. The molecule has 0 fully saturated rings. The largest absolute Gasteiger partial charge is 0.454 e. The average molecular weight is 232 g/mol. The van der Waals surface area contributed by atoms with Crippen LogP contribution in [0.2, 0.25) is 5.02 Å². The van der Waals surface area contributed by atoms with Gasteiger partial charge in [-0.3, -0.25) is 4.79 Å². The van der Waals surface area contributed by atoms with Gasteiger partial charge in [0.25, 0.3) is 0 Å². The summed E-state index contributed by atoms with van der Waals surface area (Å²) < 4.78 is 23.5. The second-order valence-electron chi connectivity index (χ2n) is 2.91. The van der Waals surface area contributed by atoms with Crippen molar-refractivity contribution in [3.8, 4) is 11.5 Å². The van der Waals surface area contributed by atoms with E-state index >= 15 is 0 Å². The van der Waals surface area contributed by atoms with Crippen molar-refractivity contribution in [3.63, 3.8) is 0 Å². The lowest BCUT2D eigenvalue weighted by Gasteiger charge is -2.06. The van der Waals surface area contributed by atoms with Crippen molar-refractivity contribution in [2.24, 2.45) is 5.73 Å². The Morgan fingerprint density at radius 2 is 2.33 bits per heavy atom. The van der Waals surface area contributed by atoms with Crippen LogP contribution in [0.5, 0.6) is 11.5 Å². The van der Waals surface area contributed by atoms with E-state index in [0.717, 1.165) is 0 Å². The molecular weight excluding hydrogens is 225 g/mol. The molecule has 1 aromatic rings. The molecular formula is C9H7ClFNO3. The lowest BCUT2D eigenvalue weighted by molar-refractivity contribution is 0.0992. The van der Waals surface area contributed by atoms with Gasteiger partial charge in [-0.05, 0) is 0 Å². The molecule has 0 spiro atoms. The third kappa shape index (κ3) is 1.53. The summed E-state index contributed by atoms with van der Waals surface area (Å²) in [5.74, 6) is -1.06. The van der Waals surface area contributed by atoms with E-state index in [1.807, 2.05) is 0 Å². The predicted octanol–water partition coefficient (Wildman–Crippen LogP) is 1.35. The van der Waals surface area contributed by atoms with Crippen molar-refractivity contribution in [1.82, 2.24) is 0 Å². The van der Waals surface area contributed by atoms with Crippen LogP contribution in [-0.2, 0) is 0 Å². The maximum Gasteiger partial charge on any atom is 0.231 e. The molecule has 2 N–H and O–H groups in total. The van der Waals surface area contributed by atoms with Gasteiger partial charge in [0, 0.05) is 6.07 Å². The highest BCUT2D eigenvalue weighted by atomic mass is 35.5. The van der Waals surface area contributed by atoms with Gasteiger partial charge in [-0.25, -0.2) is 4.39 Å². The third-order valence-corrected chi connectivity index (χ3v) is 2.29. The van der Waals surface area contributed by atoms with Crippen molar-refractivity contribution < 1.29 is 18.7 Å². The Balaban J connectivity index is 2.65. The quantitative estimate of drug-likeness (QED) is 0.781. The van der Waals surface area contributed by atoms with Crippen molar-refractivity contribution in [2.75, 3.05) is 13.3 Å². The summed E-state index contributed by atoms with van der Waals surface area (Å²) >= 11 is 5.59. The smallest absolute Gasteiger partial charge is 0.231 e. The van der Waals surface area contributed by atoms with E-state index in [1.54, 1.807) is 0 Å². The number of fused-ring (bicyclic) bond motifs is 1. The number of carbonyl (C=O) groups is 1. The zero-order valence-electron chi connectivity index (χ0n) is 7.55. The minimum atomic E-state index is -0.823. The molecule has 0 bridgehead atoms. The van der Waals surface area contributed by atoms with E-state index in [9.17, 15) is 9.18 Å². The Kier molecular flexibility index (Phi) is 2.50. The van der Waals surface area contributed by atoms with E-state index in [4.69, 9.17) is 26.8 Å². The number of ether oxygens (including phenoxy) is 2. The Morgan fingerprint density at radius 1 is 1.60 bits per heavy atom. The highest BCUT2D eigenvalue weighted by Crippen LogP contribution is 2.40. The monoisotopic (exact) mass is 231 g/mol. The lowest BCUT2D eigenvalue weighted by Crippen LogP contribution is -2.16. The van der Waals surface area contributed by atoms with Gasteiger partial charge in [0.1, 0.15) is 5.56 Å². The van der Waals surface area contributed by atoms with Gasteiger partial charge in [-0.2, -0.15) is 0 Å². The van der Waals surface area contributed by atoms with E-state index in [2.05, 4.69) is 0 Å². The molecule has 2 rings (SSSR count). The van der Waals surface area contributed by atoms with Gasteiger partial charge >= 0.3 is 0 Å². The SMILES string of the molecule is NCC(=O)c1c(F)c(Cl)cc2c1OCO2. The van der Waals surface area contributed by atoms with Crippen molar-refractivity contribution in [1.29, 1.82) is 0 Å². The minimum absolute atomic E-state index is 0.0556. The second kappa shape index (κ2) is 3.67. The molecule has 0 amide bonds. The molecule has 0 radical (unpaired) electrons. The van der Waals surface area contributed by atoms with Crippen molar-refractivity contribution in [2.45, 2.75) is 0 Å². The first kappa shape index (κ1) is 10.2. The topological polar surface area (TPSA) is 61.6 Å². The molecule has 1 aromatic carbocycles. The van der Waals surface area contributed by atoms with Gasteiger partial charge in [-0.1, -0.05) is 11.6 Å². The Morgan fingerprint density at radius 3 is 3.00 bits per heavy atom. The number of nitrogens with two attached hydrogens (primary N) is 1. The first-order chi connectivity index (χ1) is 7.15. The predicted molar refractivity (Wildman–Crippen MR) is 50.9 cm³/mol. The summed E-state index contributed by atoms with van der Waals surface area (Å²) in [6.07, 6.45) is 0. The molecule has 1 heterocycles. The normalized spacial score (nSPS) is 13.0. The van der Waals surface area contributed by atoms with Crippen LogP contribution in [0.4, 0.5) is 4.39 Å². The lowest BCUT2D eigenvalue weighted by atomic mass is 10.1. The molecule has 1 aliphatic rings. The van der Waals surface area contributed by atoms with E-state index in [-0.39, 0.29) is 35.4 Å². The number of rotatable bonds is 2. The Labute approximate surface area is 89.7 Å². The molecule has 0 atom stereocenters. The fourth-order valence-corrected chi connectivity index (χ4v) is 1.53. The zero-order chi connectivity index (χ0) is 11.0. The molecule has 0 saturated heterocycles. The van der Waals surface area contributed by atoms with Crippen LogP contribution in [-0.4, -0.2) is 19.1 Å². The molecule has 80 valence electrons. The van der Waals surface area contributed by atoms with Crippen LogP contribution >= 0.6 is 11.6 Å². The van der Waals surface area contributed by atoms with Crippen molar-refractivity contribution in [3.05, 3.63) is 22.5 Å². The van der Waals surface area contributed by atoms with Crippen molar-refractivity contribution >= 4 is 17.4 Å². The minimum Gasteiger partial charge on any atom is -0.454 e. The Bertz CT molecular complexity index is 436. The fraction of sp³-hybridized carbons (Fsp3) is 0.222. The molecule has 15 heavy (non-hydrogen) atoms. The molecule has 0 unspecified atom stereocenters. The van der Waals surface area contributed by atoms with Crippen LogP contribution < -0.4 is 15.2 Å². The van der Waals surface area contributed by atoms with E-state index in [1.165, 1.54) is 6.07 Å². The number of halogens is 2.